The van der Waals surface area contributed by atoms with Gasteiger partial charge in [0.05, 0.1) is 29.7 Å². The number of carboxylic acid groups (broad SMARTS) is 1. The van der Waals surface area contributed by atoms with Crippen molar-refractivity contribution in [3.63, 3.8) is 0 Å². The van der Waals surface area contributed by atoms with Gasteiger partial charge in [-0.05, 0) is 18.2 Å². The van der Waals surface area contributed by atoms with Crippen LogP contribution in [0.15, 0.2) is 18.2 Å². The van der Waals surface area contributed by atoms with E-state index in [1.165, 1.54) is 4.90 Å². The number of nitrogens with zero attached hydrogens (tertiary/aromatic N) is 2. The van der Waals surface area contributed by atoms with Crippen molar-refractivity contribution in [1.82, 2.24) is 10.2 Å². The molecular weight excluding hydrogens is 350 g/mol. The number of morpholine rings is 1. The molecule has 0 saturated carbocycles. The number of halogens is 1. The van der Waals surface area contributed by atoms with Gasteiger partial charge >= 0.3 is 12.0 Å². The lowest BCUT2D eigenvalue weighted by Crippen LogP contribution is -2.46. The molecule has 0 spiro atoms. The molecule has 134 valence electrons. The summed E-state index contributed by atoms with van der Waals surface area (Å²) in [4.78, 5) is 38.5. The highest BCUT2D eigenvalue weighted by Gasteiger charge is 2.29. The smallest absolute Gasteiger partial charge is 0.321 e. The number of hydrogen-bond acceptors (Lipinski definition) is 4. The lowest BCUT2D eigenvalue weighted by Gasteiger charge is -2.32. The molecule has 2 N–H and O–H groups in total. The minimum atomic E-state index is -0.973. The van der Waals surface area contributed by atoms with Gasteiger partial charge in [-0.25, -0.2) is 4.79 Å². The Labute approximate surface area is 149 Å². The second kappa shape index (κ2) is 7.28. The predicted octanol–water partition coefficient (Wildman–Crippen LogP) is 1.19. The van der Waals surface area contributed by atoms with Gasteiger partial charge in [-0.2, -0.15) is 0 Å². The molecule has 9 heteroatoms. The lowest BCUT2D eigenvalue weighted by molar-refractivity contribution is -0.141. The number of nitrogens with one attached hydrogen (secondary N) is 1. The van der Waals surface area contributed by atoms with Gasteiger partial charge in [0.2, 0.25) is 0 Å². The molecule has 2 aliphatic rings. The number of anilines is 1. The molecule has 2 saturated heterocycles. The Bertz CT molecular complexity index is 711. The minimum absolute atomic E-state index is 0.161. The Balaban J connectivity index is 1.79. The van der Waals surface area contributed by atoms with E-state index in [1.54, 1.807) is 23.1 Å². The van der Waals surface area contributed by atoms with Crippen LogP contribution in [-0.4, -0.2) is 66.8 Å². The first-order valence-corrected chi connectivity index (χ1v) is 8.31. The number of benzene rings is 1. The molecule has 2 heterocycles. The third-order valence-electron chi connectivity index (χ3n) is 4.18. The molecule has 2 fully saturated rings. The number of hydrogen-bond donors (Lipinski definition) is 2. The van der Waals surface area contributed by atoms with Gasteiger partial charge in [0.1, 0.15) is 0 Å². The molecule has 1 unspecified atom stereocenters. The summed E-state index contributed by atoms with van der Waals surface area (Å²) in [5.74, 6) is -1.27. The van der Waals surface area contributed by atoms with Crippen molar-refractivity contribution in [1.29, 1.82) is 0 Å². The van der Waals surface area contributed by atoms with E-state index in [1.807, 2.05) is 0 Å². The maximum atomic E-state index is 12.8. The number of carboxylic acids is 1. The Hall–Kier alpha value is -2.32. The topological polar surface area (TPSA) is 99.2 Å². The fraction of sp³-hybridized carbons (Fsp3) is 0.438. The highest BCUT2D eigenvalue weighted by Crippen LogP contribution is 2.26. The number of amides is 3. The number of urea groups is 1. The molecule has 0 bridgehead atoms. The molecule has 25 heavy (non-hydrogen) atoms. The summed E-state index contributed by atoms with van der Waals surface area (Å²) in [6.07, 6.45) is -0.701. The van der Waals surface area contributed by atoms with Crippen molar-refractivity contribution < 1.29 is 24.2 Å². The molecule has 8 nitrogen and oxygen atoms in total. The SMILES string of the molecule is O=C(O)CC1CN(C(=O)c2cc(N3CCNC3=O)ccc2Cl)CCO1. The van der Waals surface area contributed by atoms with Crippen molar-refractivity contribution in [3.8, 4) is 0 Å². The van der Waals surface area contributed by atoms with E-state index in [9.17, 15) is 14.4 Å². The van der Waals surface area contributed by atoms with E-state index in [0.29, 0.717) is 25.3 Å². The molecule has 1 aromatic carbocycles. The molecule has 0 aromatic heterocycles. The third-order valence-corrected chi connectivity index (χ3v) is 4.51. The molecule has 0 aliphatic carbocycles. The number of carbonyl (C=O) groups is 3. The van der Waals surface area contributed by atoms with E-state index < -0.39 is 12.1 Å². The van der Waals surface area contributed by atoms with Crippen molar-refractivity contribution in [2.45, 2.75) is 12.5 Å². The zero-order valence-electron chi connectivity index (χ0n) is 13.4. The number of carbonyl (C=O) groups excluding carboxylic acids is 2. The van der Waals surface area contributed by atoms with Crippen LogP contribution in [0.4, 0.5) is 10.5 Å². The van der Waals surface area contributed by atoms with Gasteiger partial charge in [-0.1, -0.05) is 11.6 Å². The number of aliphatic carboxylic acids is 1. The summed E-state index contributed by atoms with van der Waals surface area (Å²) in [6.45, 7) is 1.89. The van der Waals surface area contributed by atoms with Gasteiger partial charge in [0, 0.05) is 31.9 Å². The first-order chi connectivity index (χ1) is 12.0. The standard InChI is InChI=1S/C16H18ClN3O5/c17-13-2-1-10(20-4-3-18-16(20)24)7-12(13)15(23)19-5-6-25-11(9-19)8-14(21)22/h1-2,7,11H,3-6,8-9H2,(H,18,24)(H,21,22). The van der Waals surface area contributed by atoms with Crippen LogP contribution < -0.4 is 10.2 Å². The summed E-state index contributed by atoms with van der Waals surface area (Å²) in [5, 5.41) is 11.9. The third kappa shape index (κ3) is 3.85. The normalized spacial score (nSPS) is 20.5. The van der Waals surface area contributed by atoms with Gasteiger partial charge in [0.25, 0.3) is 5.91 Å². The van der Waals surface area contributed by atoms with Crippen molar-refractivity contribution >= 4 is 35.2 Å². The molecule has 0 radical (unpaired) electrons. The maximum absolute atomic E-state index is 12.8. The van der Waals surface area contributed by atoms with Gasteiger partial charge < -0.3 is 20.1 Å². The highest BCUT2D eigenvalue weighted by molar-refractivity contribution is 6.34. The number of rotatable bonds is 4. The average molecular weight is 368 g/mol. The molecule has 3 rings (SSSR count). The Kier molecular flexibility index (Phi) is 5.10. The average Bonchev–Trinajstić information content (AvgIpc) is 3.00. The van der Waals surface area contributed by atoms with Crippen LogP contribution in [0.25, 0.3) is 0 Å². The summed E-state index contributed by atoms with van der Waals surface area (Å²) in [7, 11) is 0. The quantitative estimate of drug-likeness (QED) is 0.832. The summed E-state index contributed by atoms with van der Waals surface area (Å²) in [5.41, 5.74) is 0.882. The van der Waals surface area contributed by atoms with E-state index in [2.05, 4.69) is 5.32 Å². The molecule has 3 amide bonds. The summed E-state index contributed by atoms with van der Waals surface area (Å²) in [6, 6.07) is 4.66. The van der Waals surface area contributed by atoms with Crippen LogP contribution in [0.3, 0.4) is 0 Å². The predicted molar refractivity (Wildman–Crippen MR) is 90.1 cm³/mol. The van der Waals surface area contributed by atoms with Crippen LogP contribution in [0, 0.1) is 0 Å². The summed E-state index contributed by atoms with van der Waals surface area (Å²) < 4.78 is 5.39. The van der Waals surface area contributed by atoms with Crippen LogP contribution in [0.5, 0.6) is 0 Å². The van der Waals surface area contributed by atoms with E-state index >= 15 is 0 Å². The monoisotopic (exact) mass is 367 g/mol. The zero-order valence-corrected chi connectivity index (χ0v) is 14.2. The van der Waals surface area contributed by atoms with Crippen LogP contribution >= 0.6 is 11.6 Å². The van der Waals surface area contributed by atoms with Gasteiger partial charge in [-0.3, -0.25) is 14.5 Å². The molecular formula is C16H18ClN3O5. The number of ether oxygens (including phenoxy) is 1. The summed E-state index contributed by atoms with van der Waals surface area (Å²) >= 11 is 6.18. The second-order valence-corrected chi connectivity index (χ2v) is 6.30. The highest BCUT2D eigenvalue weighted by atomic mass is 35.5. The second-order valence-electron chi connectivity index (χ2n) is 5.89. The Morgan fingerprint density at radius 1 is 1.36 bits per heavy atom. The van der Waals surface area contributed by atoms with Crippen LogP contribution in [0.1, 0.15) is 16.8 Å². The van der Waals surface area contributed by atoms with E-state index in [4.69, 9.17) is 21.4 Å². The fourth-order valence-electron chi connectivity index (χ4n) is 2.96. The Morgan fingerprint density at radius 2 is 2.16 bits per heavy atom. The minimum Gasteiger partial charge on any atom is -0.481 e. The Morgan fingerprint density at radius 3 is 2.84 bits per heavy atom. The molecule has 2 aliphatic heterocycles. The van der Waals surface area contributed by atoms with Crippen molar-refractivity contribution in [2.24, 2.45) is 0 Å². The van der Waals surface area contributed by atoms with E-state index in [-0.39, 0.29) is 42.1 Å². The first kappa shape index (κ1) is 17.5. The largest absolute Gasteiger partial charge is 0.481 e. The van der Waals surface area contributed by atoms with Gasteiger partial charge in [-0.15, -0.1) is 0 Å². The van der Waals surface area contributed by atoms with E-state index in [0.717, 1.165) is 0 Å². The maximum Gasteiger partial charge on any atom is 0.321 e. The van der Waals surface area contributed by atoms with Crippen LogP contribution in [-0.2, 0) is 9.53 Å². The lowest BCUT2D eigenvalue weighted by atomic mass is 10.1. The zero-order chi connectivity index (χ0) is 18.0. The van der Waals surface area contributed by atoms with Crippen molar-refractivity contribution in [2.75, 3.05) is 37.7 Å². The van der Waals surface area contributed by atoms with Crippen LogP contribution in [0.2, 0.25) is 5.02 Å². The van der Waals surface area contributed by atoms with Gasteiger partial charge in [0.15, 0.2) is 0 Å². The fourth-order valence-corrected chi connectivity index (χ4v) is 3.15. The first-order valence-electron chi connectivity index (χ1n) is 7.93. The molecule has 1 atom stereocenters. The van der Waals surface area contributed by atoms with Crippen molar-refractivity contribution in [3.05, 3.63) is 28.8 Å². The molecule has 1 aromatic rings.